The number of anilines is 1. The smallest absolute Gasteiger partial charge is 0.231 e. The van der Waals surface area contributed by atoms with Gasteiger partial charge >= 0.3 is 0 Å². The van der Waals surface area contributed by atoms with Crippen LogP contribution in [0.25, 0.3) is 0 Å². The van der Waals surface area contributed by atoms with E-state index in [4.69, 9.17) is 21.7 Å². The second-order valence-electron chi connectivity index (χ2n) is 5.51. The number of nitrogens with one attached hydrogen (secondary N) is 2. The van der Waals surface area contributed by atoms with E-state index in [1.165, 1.54) is 11.8 Å². The van der Waals surface area contributed by atoms with Gasteiger partial charge in [-0.3, -0.25) is 0 Å². The van der Waals surface area contributed by atoms with Crippen LogP contribution < -0.4 is 20.1 Å². The Balaban J connectivity index is 1.29. The van der Waals surface area contributed by atoms with Crippen LogP contribution in [0.1, 0.15) is 5.56 Å². The van der Waals surface area contributed by atoms with Crippen LogP contribution in [0.15, 0.2) is 65.2 Å². The Bertz CT molecular complexity index is 938. The van der Waals surface area contributed by atoms with Gasteiger partial charge in [-0.2, -0.15) is 0 Å². The maximum atomic E-state index is 5.38. The summed E-state index contributed by atoms with van der Waals surface area (Å²) in [5, 5.41) is 8.27. The number of nitrogens with zero attached hydrogens (tertiary/aromatic N) is 3. The van der Waals surface area contributed by atoms with Crippen LogP contribution in [-0.4, -0.2) is 26.9 Å². The Kier molecular flexibility index (Phi) is 5.31. The third kappa shape index (κ3) is 4.63. The summed E-state index contributed by atoms with van der Waals surface area (Å²) < 4.78 is 10.7. The van der Waals surface area contributed by atoms with E-state index in [2.05, 4.69) is 25.6 Å². The van der Waals surface area contributed by atoms with E-state index in [1.807, 2.05) is 30.3 Å². The summed E-state index contributed by atoms with van der Waals surface area (Å²) in [6.45, 7) is 0.846. The molecule has 0 radical (unpaired) electrons. The quantitative estimate of drug-likeness (QED) is 0.498. The second kappa shape index (κ2) is 8.19. The molecule has 1 aliphatic rings. The molecule has 3 aromatic rings. The monoisotopic (exact) mass is 397 g/mol. The highest BCUT2D eigenvalue weighted by Gasteiger charge is 2.13. The molecule has 7 nitrogen and oxygen atoms in total. The Morgan fingerprint density at radius 1 is 1.07 bits per heavy atom. The maximum Gasteiger partial charge on any atom is 0.231 e. The summed E-state index contributed by atoms with van der Waals surface area (Å²) in [6.07, 6.45) is 5.13. The summed E-state index contributed by atoms with van der Waals surface area (Å²) in [6, 6.07) is 11.4. The third-order valence-corrected chi connectivity index (χ3v) is 4.71. The summed E-state index contributed by atoms with van der Waals surface area (Å²) in [4.78, 5) is 12.7. The first-order valence-electron chi connectivity index (χ1n) is 8.10. The van der Waals surface area contributed by atoms with Crippen LogP contribution in [0.3, 0.4) is 0 Å². The van der Waals surface area contributed by atoms with Crippen LogP contribution >= 0.6 is 24.0 Å². The molecule has 0 aliphatic carbocycles. The zero-order valence-electron chi connectivity index (χ0n) is 14.1. The molecule has 0 spiro atoms. The molecule has 0 saturated heterocycles. The molecule has 0 bridgehead atoms. The maximum absolute atomic E-state index is 5.38. The van der Waals surface area contributed by atoms with Crippen molar-refractivity contribution in [1.82, 2.24) is 20.3 Å². The molecule has 136 valence electrons. The van der Waals surface area contributed by atoms with Gasteiger partial charge in [-0.1, -0.05) is 6.07 Å². The molecule has 0 saturated carbocycles. The van der Waals surface area contributed by atoms with Crippen molar-refractivity contribution in [1.29, 1.82) is 0 Å². The lowest BCUT2D eigenvalue weighted by molar-refractivity contribution is 0.174. The fraction of sp³-hybridized carbons (Fsp3) is 0.111. The van der Waals surface area contributed by atoms with Crippen LogP contribution in [0.4, 0.5) is 5.69 Å². The van der Waals surface area contributed by atoms with Gasteiger partial charge in [0.2, 0.25) is 6.79 Å². The van der Waals surface area contributed by atoms with Crippen molar-refractivity contribution >= 4 is 34.8 Å². The standard InChI is InChI=1S/C18H15N5O2S2/c26-17(22-9-12-2-4-14-15(8-12)25-11-24-14)23-13-3-5-16(21-10-13)27-18-19-6-1-7-20-18/h1-8,10H,9,11H2,(H2,22,23,26). The molecule has 1 aromatic carbocycles. The van der Waals surface area contributed by atoms with E-state index >= 15 is 0 Å². The number of hydrogen-bond donors (Lipinski definition) is 2. The molecule has 0 amide bonds. The zero-order chi connectivity index (χ0) is 18.5. The zero-order valence-corrected chi connectivity index (χ0v) is 15.7. The lowest BCUT2D eigenvalue weighted by Crippen LogP contribution is -2.27. The van der Waals surface area contributed by atoms with E-state index in [0.717, 1.165) is 27.8 Å². The molecule has 0 unspecified atom stereocenters. The lowest BCUT2D eigenvalue weighted by atomic mass is 10.2. The molecule has 9 heteroatoms. The van der Waals surface area contributed by atoms with Gasteiger partial charge < -0.3 is 20.1 Å². The number of thiocarbonyl (C=S) groups is 1. The van der Waals surface area contributed by atoms with Crippen molar-refractivity contribution in [2.45, 2.75) is 16.7 Å². The number of pyridine rings is 1. The van der Waals surface area contributed by atoms with Crippen molar-refractivity contribution in [3.8, 4) is 11.5 Å². The largest absolute Gasteiger partial charge is 0.454 e. The van der Waals surface area contributed by atoms with E-state index < -0.39 is 0 Å². The van der Waals surface area contributed by atoms with Crippen molar-refractivity contribution in [2.75, 3.05) is 12.1 Å². The summed E-state index contributed by atoms with van der Waals surface area (Å²) in [5.74, 6) is 1.53. The normalized spacial score (nSPS) is 11.9. The number of fused-ring (bicyclic) bond motifs is 1. The van der Waals surface area contributed by atoms with Crippen LogP contribution in [-0.2, 0) is 6.54 Å². The average Bonchev–Trinajstić information content (AvgIpc) is 3.17. The highest BCUT2D eigenvalue weighted by Crippen LogP contribution is 2.32. The highest BCUT2D eigenvalue weighted by atomic mass is 32.2. The first-order valence-corrected chi connectivity index (χ1v) is 9.33. The predicted molar refractivity (Wildman–Crippen MR) is 106 cm³/mol. The fourth-order valence-corrected chi connectivity index (χ4v) is 3.20. The molecule has 3 heterocycles. The number of hydrogen-bond acceptors (Lipinski definition) is 7. The first-order chi connectivity index (χ1) is 13.3. The van der Waals surface area contributed by atoms with E-state index in [-0.39, 0.29) is 6.79 Å². The molecule has 1 aliphatic heterocycles. The van der Waals surface area contributed by atoms with Crippen molar-refractivity contribution < 1.29 is 9.47 Å². The summed E-state index contributed by atoms with van der Waals surface area (Å²) in [5.41, 5.74) is 1.85. The molecule has 0 fully saturated rings. The molecule has 4 rings (SSSR count). The van der Waals surface area contributed by atoms with Crippen molar-refractivity contribution in [2.24, 2.45) is 0 Å². The average molecular weight is 397 g/mol. The number of ether oxygens (including phenoxy) is 2. The third-order valence-electron chi connectivity index (χ3n) is 3.62. The van der Waals surface area contributed by atoms with Crippen LogP contribution in [0, 0.1) is 0 Å². The second-order valence-corrected chi connectivity index (χ2v) is 6.91. The minimum Gasteiger partial charge on any atom is -0.454 e. The van der Waals surface area contributed by atoms with Gasteiger partial charge in [0, 0.05) is 18.9 Å². The summed E-state index contributed by atoms with van der Waals surface area (Å²) in [7, 11) is 0. The molecule has 27 heavy (non-hydrogen) atoms. The minimum atomic E-state index is 0.268. The number of benzene rings is 1. The topological polar surface area (TPSA) is 81.2 Å². The van der Waals surface area contributed by atoms with Crippen LogP contribution in [0.5, 0.6) is 11.5 Å². The van der Waals surface area contributed by atoms with Gasteiger partial charge in [-0.05, 0) is 59.9 Å². The van der Waals surface area contributed by atoms with Crippen molar-refractivity contribution in [3.63, 3.8) is 0 Å². The van der Waals surface area contributed by atoms with Crippen LogP contribution in [0.2, 0.25) is 0 Å². The minimum absolute atomic E-state index is 0.268. The molecular formula is C18H15N5O2S2. The predicted octanol–water partition coefficient (Wildman–Crippen LogP) is 3.24. The van der Waals surface area contributed by atoms with E-state index in [1.54, 1.807) is 24.7 Å². The Hall–Kier alpha value is -2.91. The molecule has 2 N–H and O–H groups in total. The van der Waals surface area contributed by atoms with E-state index in [9.17, 15) is 0 Å². The van der Waals surface area contributed by atoms with Crippen molar-refractivity contribution in [3.05, 3.63) is 60.6 Å². The van der Waals surface area contributed by atoms with Gasteiger partial charge in [-0.25, -0.2) is 15.0 Å². The fourth-order valence-electron chi connectivity index (χ4n) is 2.35. The number of aromatic nitrogens is 3. The Labute approximate surface area is 165 Å². The molecule has 0 atom stereocenters. The molecule has 2 aromatic heterocycles. The van der Waals surface area contributed by atoms with Gasteiger partial charge in [-0.15, -0.1) is 0 Å². The van der Waals surface area contributed by atoms with Gasteiger partial charge in [0.1, 0.15) is 5.03 Å². The SMILES string of the molecule is S=C(NCc1ccc2c(c1)OCO2)Nc1ccc(Sc2ncccn2)nc1. The van der Waals surface area contributed by atoms with Gasteiger partial charge in [0.25, 0.3) is 0 Å². The Morgan fingerprint density at radius 2 is 1.93 bits per heavy atom. The summed E-state index contributed by atoms with van der Waals surface area (Å²) >= 11 is 6.74. The van der Waals surface area contributed by atoms with E-state index in [0.29, 0.717) is 16.8 Å². The highest BCUT2D eigenvalue weighted by molar-refractivity contribution is 7.99. The Morgan fingerprint density at radius 3 is 2.74 bits per heavy atom. The number of rotatable bonds is 5. The van der Waals surface area contributed by atoms with Gasteiger partial charge in [0.05, 0.1) is 11.9 Å². The lowest BCUT2D eigenvalue weighted by Gasteiger charge is -2.11. The van der Waals surface area contributed by atoms with Gasteiger partial charge in [0.15, 0.2) is 21.8 Å². The molecular weight excluding hydrogens is 382 g/mol. The first kappa shape index (κ1) is 17.5.